The van der Waals surface area contributed by atoms with E-state index in [-0.39, 0.29) is 35.8 Å². The molecule has 2 amide bonds. The number of hydrogen-bond acceptors (Lipinski definition) is 9. The Labute approximate surface area is 200 Å². The molecule has 3 rings (SSSR count). The van der Waals surface area contributed by atoms with Crippen LogP contribution in [0.4, 0.5) is 5.69 Å². The average Bonchev–Trinajstić information content (AvgIpc) is 3.08. The second kappa shape index (κ2) is 10.7. The van der Waals surface area contributed by atoms with Crippen molar-refractivity contribution in [2.45, 2.75) is 45.9 Å². The van der Waals surface area contributed by atoms with E-state index in [0.29, 0.717) is 29.2 Å². The van der Waals surface area contributed by atoms with E-state index in [4.69, 9.17) is 9.47 Å². The van der Waals surface area contributed by atoms with Crippen molar-refractivity contribution in [3.63, 3.8) is 0 Å². The van der Waals surface area contributed by atoms with Crippen molar-refractivity contribution in [2.75, 3.05) is 12.3 Å². The first kappa shape index (κ1) is 25.2. The topological polar surface area (TPSA) is 145 Å². The average molecular weight is 492 g/mol. The van der Waals surface area contributed by atoms with Crippen LogP contribution in [-0.2, 0) is 35.3 Å². The minimum Gasteiger partial charge on any atom is -0.462 e. The molecule has 2 aliphatic rings. The molecule has 1 aromatic carbocycles. The van der Waals surface area contributed by atoms with E-state index in [1.807, 2.05) is 0 Å². The van der Waals surface area contributed by atoms with Crippen molar-refractivity contribution in [2.24, 2.45) is 5.92 Å². The van der Waals surface area contributed by atoms with Gasteiger partial charge in [0.2, 0.25) is 11.8 Å². The monoisotopic (exact) mass is 491 g/mol. The number of thioether (sulfide) groups is 1. The molecule has 2 aliphatic heterocycles. The number of ether oxygens (including phenoxy) is 2. The Bertz CT molecular complexity index is 1040. The van der Waals surface area contributed by atoms with Gasteiger partial charge in [-0.15, -0.1) is 11.8 Å². The first-order valence-electron chi connectivity index (χ1n) is 10.6. The van der Waals surface area contributed by atoms with E-state index < -0.39 is 28.9 Å². The molecule has 2 heterocycles. The van der Waals surface area contributed by atoms with E-state index in [1.165, 1.54) is 54.8 Å². The summed E-state index contributed by atoms with van der Waals surface area (Å²) < 4.78 is 10.6. The van der Waals surface area contributed by atoms with E-state index in [9.17, 15) is 29.3 Å². The molecule has 0 bridgehead atoms. The number of β-lactam (4-membered cyclic amide) rings is 1. The van der Waals surface area contributed by atoms with Crippen LogP contribution >= 0.6 is 11.8 Å². The zero-order chi connectivity index (χ0) is 25.0. The maximum Gasteiger partial charge on any atom is 0.356 e. The third-order valence-electron chi connectivity index (χ3n) is 5.49. The number of fused-ring (bicyclic) bond motifs is 1. The number of nitrogens with zero attached hydrogens (tertiary/aromatic N) is 2. The molecule has 1 saturated heterocycles. The van der Waals surface area contributed by atoms with Crippen molar-refractivity contribution in [3.8, 4) is 0 Å². The second-order valence-electron chi connectivity index (χ2n) is 7.92. The third-order valence-corrected chi connectivity index (χ3v) is 6.61. The minimum absolute atomic E-state index is 0.0756. The number of amides is 2. The number of carbonyl (C=O) groups is 4. The summed E-state index contributed by atoms with van der Waals surface area (Å²) in [7, 11) is 0. The molecule has 11 nitrogen and oxygen atoms in total. The van der Waals surface area contributed by atoms with E-state index in [2.05, 4.69) is 5.32 Å². The quantitative estimate of drug-likeness (QED) is 0.170. The van der Waals surface area contributed by atoms with Crippen molar-refractivity contribution >= 4 is 41.2 Å². The van der Waals surface area contributed by atoms with Gasteiger partial charge in [-0.05, 0) is 24.6 Å². The summed E-state index contributed by atoms with van der Waals surface area (Å²) >= 11 is 1.35. The van der Waals surface area contributed by atoms with Crippen molar-refractivity contribution < 1.29 is 33.6 Å². The number of nitro benzene ring substituents is 1. The Morgan fingerprint density at radius 3 is 2.53 bits per heavy atom. The number of carbonyl (C=O) groups excluding carboxylic acids is 4. The van der Waals surface area contributed by atoms with Gasteiger partial charge in [0, 0.05) is 49.6 Å². The number of nitro groups is 1. The molecule has 34 heavy (non-hydrogen) atoms. The fourth-order valence-electron chi connectivity index (χ4n) is 4.00. The molecular weight excluding hydrogens is 466 g/mol. The lowest BCUT2D eigenvalue weighted by molar-refractivity contribution is -0.384. The first-order chi connectivity index (χ1) is 16.1. The summed E-state index contributed by atoms with van der Waals surface area (Å²) in [4.78, 5) is 60.6. The molecular formula is C22H25N3O8S. The molecule has 0 unspecified atom stereocenters. The van der Waals surface area contributed by atoms with Crippen LogP contribution in [0.5, 0.6) is 0 Å². The van der Waals surface area contributed by atoms with Gasteiger partial charge >= 0.3 is 11.9 Å². The van der Waals surface area contributed by atoms with Gasteiger partial charge in [-0.25, -0.2) is 4.79 Å². The number of rotatable bonds is 10. The predicted molar refractivity (Wildman–Crippen MR) is 121 cm³/mol. The highest BCUT2D eigenvalue weighted by Crippen LogP contribution is 2.47. The molecule has 1 N–H and O–H groups in total. The molecule has 0 spiro atoms. The van der Waals surface area contributed by atoms with Crippen LogP contribution in [-0.4, -0.2) is 58.0 Å². The van der Waals surface area contributed by atoms with Gasteiger partial charge in [0.15, 0.2) is 0 Å². The van der Waals surface area contributed by atoms with Crippen LogP contribution in [0.15, 0.2) is 34.9 Å². The van der Waals surface area contributed by atoms with Gasteiger partial charge in [-0.2, -0.15) is 0 Å². The van der Waals surface area contributed by atoms with E-state index in [1.54, 1.807) is 6.92 Å². The number of benzene rings is 1. The fourth-order valence-corrected chi connectivity index (χ4v) is 5.06. The third kappa shape index (κ3) is 5.56. The van der Waals surface area contributed by atoms with Crippen molar-refractivity contribution in [1.29, 1.82) is 0 Å². The SMILES string of the molecule is CC(=O)NCCSC1=C(C(=O)OCc2ccc([N+](=O)[O-])cc2)N2C(=O)[C@H]([C@H](C)OC(C)=O)[C@H]2C1. The molecule has 12 heteroatoms. The largest absolute Gasteiger partial charge is 0.462 e. The summed E-state index contributed by atoms with van der Waals surface area (Å²) in [5.74, 6) is -1.73. The van der Waals surface area contributed by atoms with Gasteiger partial charge in [-0.3, -0.25) is 24.5 Å². The highest BCUT2D eigenvalue weighted by molar-refractivity contribution is 8.03. The molecule has 0 aliphatic carbocycles. The first-order valence-corrected chi connectivity index (χ1v) is 11.6. The summed E-state index contributed by atoms with van der Waals surface area (Å²) in [5, 5.41) is 13.5. The van der Waals surface area contributed by atoms with Gasteiger partial charge in [0.25, 0.3) is 5.69 Å². The summed E-state index contributed by atoms with van der Waals surface area (Å²) in [5.41, 5.74) is 0.634. The molecule has 0 saturated carbocycles. The molecule has 1 fully saturated rings. The van der Waals surface area contributed by atoms with Crippen LogP contribution in [0.25, 0.3) is 0 Å². The molecule has 3 atom stereocenters. The number of non-ortho nitro benzene ring substituents is 1. The smallest absolute Gasteiger partial charge is 0.356 e. The maximum absolute atomic E-state index is 13.0. The minimum atomic E-state index is -0.685. The number of hydrogen-bond donors (Lipinski definition) is 1. The number of nitrogens with one attached hydrogen (secondary N) is 1. The van der Waals surface area contributed by atoms with Gasteiger partial charge < -0.3 is 19.7 Å². The Kier molecular flexibility index (Phi) is 7.92. The highest BCUT2D eigenvalue weighted by atomic mass is 32.2. The Balaban J connectivity index is 1.72. The predicted octanol–water partition coefficient (Wildman–Crippen LogP) is 1.90. The van der Waals surface area contributed by atoms with E-state index in [0.717, 1.165) is 0 Å². The second-order valence-corrected chi connectivity index (χ2v) is 9.11. The lowest BCUT2D eigenvalue weighted by Gasteiger charge is -2.45. The van der Waals surface area contributed by atoms with E-state index >= 15 is 0 Å². The van der Waals surface area contributed by atoms with Crippen LogP contribution in [0.3, 0.4) is 0 Å². The van der Waals surface area contributed by atoms with Gasteiger partial charge in [-0.1, -0.05) is 0 Å². The zero-order valence-corrected chi connectivity index (χ0v) is 19.8. The van der Waals surface area contributed by atoms with Crippen LogP contribution in [0.2, 0.25) is 0 Å². The zero-order valence-electron chi connectivity index (χ0n) is 18.9. The molecule has 182 valence electrons. The van der Waals surface area contributed by atoms with Crippen molar-refractivity contribution in [3.05, 3.63) is 50.5 Å². The van der Waals surface area contributed by atoms with Crippen LogP contribution in [0, 0.1) is 16.0 Å². The molecule has 1 aromatic rings. The lowest BCUT2D eigenvalue weighted by Crippen LogP contribution is -2.62. The molecule has 0 radical (unpaired) electrons. The summed E-state index contributed by atoms with van der Waals surface area (Å²) in [6, 6.07) is 5.29. The maximum atomic E-state index is 13.0. The van der Waals surface area contributed by atoms with Crippen LogP contribution in [0.1, 0.15) is 32.8 Å². The van der Waals surface area contributed by atoms with Gasteiger partial charge in [0.05, 0.1) is 16.9 Å². The summed E-state index contributed by atoms with van der Waals surface area (Å²) in [6.45, 7) is 4.60. The standard InChI is InChI=1S/C22H25N3O8S/c1-12(33-14(3)27)19-17-10-18(34-9-8-23-13(2)26)20(24(17)21(19)28)22(29)32-11-15-4-6-16(7-5-15)25(30)31/h4-7,12,17,19H,8-11H2,1-3H3,(H,23,26)/t12-,17+,19+/m0/s1. The lowest BCUT2D eigenvalue weighted by atomic mass is 9.83. The van der Waals surface area contributed by atoms with Crippen LogP contribution < -0.4 is 5.32 Å². The summed E-state index contributed by atoms with van der Waals surface area (Å²) in [6.07, 6.45) is -0.221. The Morgan fingerprint density at radius 1 is 1.26 bits per heavy atom. The number of esters is 2. The Morgan fingerprint density at radius 2 is 1.94 bits per heavy atom. The normalized spacial score (nSPS) is 19.7. The fraction of sp³-hybridized carbons (Fsp3) is 0.455. The molecule has 0 aromatic heterocycles. The Hall–Kier alpha value is -3.41. The van der Waals surface area contributed by atoms with Crippen molar-refractivity contribution in [1.82, 2.24) is 10.2 Å². The van der Waals surface area contributed by atoms with Gasteiger partial charge in [0.1, 0.15) is 18.4 Å². The highest BCUT2D eigenvalue weighted by Gasteiger charge is 2.58.